The monoisotopic (exact) mass is 282 g/mol. The third-order valence-electron chi connectivity index (χ3n) is 6.23. The first kappa shape index (κ1) is 13.1. The number of carbonyl (C=O) groups is 1. The summed E-state index contributed by atoms with van der Waals surface area (Å²) in [6.07, 6.45) is 8.66. The predicted octanol–water partition coefficient (Wildman–Crippen LogP) is 4.20. The average molecular weight is 282 g/mol. The summed E-state index contributed by atoms with van der Waals surface area (Å²) in [5, 5.41) is 0. The molecule has 4 atom stereocenters. The van der Waals surface area contributed by atoms with E-state index in [1.165, 1.54) is 11.1 Å². The van der Waals surface area contributed by atoms with Gasteiger partial charge in [-0.3, -0.25) is 4.79 Å². The zero-order valence-corrected chi connectivity index (χ0v) is 12.8. The molecule has 0 unspecified atom stereocenters. The van der Waals surface area contributed by atoms with E-state index in [4.69, 9.17) is 4.74 Å². The maximum atomic E-state index is 12.3. The lowest BCUT2D eigenvalue weighted by Gasteiger charge is -2.46. The summed E-state index contributed by atoms with van der Waals surface area (Å²) in [5.74, 6) is 3.08. The van der Waals surface area contributed by atoms with Crippen LogP contribution in [0.3, 0.4) is 0 Å². The largest absolute Gasteiger partial charge is 0.497 e. The molecule has 2 nitrogen and oxygen atoms in total. The van der Waals surface area contributed by atoms with Crippen LogP contribution in [0.4, 0.5) is 0 Å². The van der Waals surface area contributed by atoms with Crippen molar-refractivity contribution < 1.29 is 9.53 Å². The van der Waals surface area contributed by atoms with Gasteiger partial charge in [-0.2, -0.15) is 0 Å². The van der Waals surface area contributed by atoms with Crippen molar-refractivity contribution in [2.45, 2.75) is 38.5 Å². The van der Waals surface area contributed by atoms with Crippen LogP contribution in [0.25, 0.3) is 6.08 Å². The summed E-state index contributed by atoms with van der Waals surface area (Å²) < 4.78 is 5.34. The van der Waals surface area contributed by atoms with Gasteiger partial charge in [0.15, 0.2) is 0 Å². The van der Waals surface area contributed by atoms with Crippen molar-refractivity contribution in [1.29, 1.82) is 0 Å². The fourth-order valence-corrected chi connectivity index (χ4v) is 4.98. The first-order chi connectivity index (χ1) is 10.1. The summed E-state index contributed by atoms with van der Waals surface area (Å²) in [6.45, 7) is 2.21. The molecule has 2 saturated carbocycles. The van der Waals surface area contributed by atoms with Crippen LogP contribution in [-0.4, -0.2) is 12.9 Å². The van der Waals surface area contributed by atoms with Crippen molar-refractivity contribution in [3.63, 3.8) is 0 Å². The van der Waals surface area contributed by atoms with Crippen molar-refractivity contribution in [2.75, 3.05) is 7.11 Å². The van der Waals surface area contributed by atoms with E-state index in [1.807, 2.05) is 0 Å². The molecular weight excluding hydrogens is 260 g/mol. The average Bonchev–Trinajstić information content (AvgIpc) is 2.82. The van der Waals surface area contributed by atoms with E-state index in [9.17, 15) is 4.79 Å². The molecule has 2 heteroatoms. The van der Waals surface area contributed by atoms with Gasteiger partial charge in [0, 0.05) is 11.8 Å². The second kappa shape index (κ2) is 4.46. The zero-order chi connectivity index (χ0) is 14.6. The lowest BCUT2D eigenvalue weighted by Crippen LogP contribution is -2.40. The number of rotatable bonds is 1. The Morgan fingerprint density at radius 3 is 2.95 bits per heavy atom. The van der Waals surface area contributed by atoms with Crippen LogP contribution >= 0.6 is 0 Å². The Morgan fingerprint density at radius 2 is 2.14 bits per heavy atom. The maximum Gasteiger partial charge on any atom is 0.139 e. The van der Waals surface area contributed by atoms with Crippen molar-refractivity contribution in [3.8, 4) is 5.75 Å². The molecule has 1 aromatic rings. The van der Waals surface area contributed by atoms with E-state index in [0.29, 0.717) is 23.5 Å². The second-order valence-corrected chi connectivity index (χ2v) is 7.06. The molecule has 1 aromatic carbocycles. The third kappa shape index (κ3) is 1.74. The smallest absolute Gasteiger partial charge is 0.139 e. The maximum absolute atomic E-state index is 12.3. The van der Waals surface area contributed by atoms with Gasteiger partial charge in [0.05, 0.1) is 7.11 Å². The molecule has 0 N–H and O–H groups in total. The van der Waals surface area contributed by atoms with Gasteiger partial charge in [-0.15, -0.1) is 0 Å². The van der Waals surface area contributed by atoms with Crippen LogP contribution in [0.2, 0.25) is 0 Å². The minimum Gasteiger partial charge on any atom is -0.497 e. The lowest BCUT2D eigenvalue weighted by atomic mass is 9.57. The van der Waals surface area contributed by atoms with Gasteiger partial charge in [-0.25, -0.2) is 0 Å². The highest BCUT2D eigenvalue weighted by atomic mass is 16.5. The Balaban J connectivity index is 1.74. The normalized spacial score (nSPS) is 36.9. The highest BCUT2D eigenvalue weighted by Crippen LogP contribution is 2.58. The molecule has 0 aliphatic heterocycles. The zero-order valence-electron chi connectivity index (χ0n) is 12.8. The first-order valence-corrected chi connectivity index (χ1v) is 8.03. The number of Topliss-reactive ketones (excluding diaryl/α,β-unsaturated/α-hetero) is 1. The lowest BCUT2D eigenvalue weighted by molar-refractivity contribution is -0.128. The van der Waals surface area contributed by atoms with Gasteiger partial charge in [0.1, 0.15) is 11.5 Å². The minimum atomic E-state index is -0.0600. The van der Waals surface area contributed by atoms with Gasteiger partial charge in [0.25, 0.3) is 0 Å². The Labute approximate surface area is 126 Å². The number of allylic oxidation sites excluding steroid dienone is 1. The van der Waals surface area contributed by atoms with E-state index in [1.54, 1.807) is 7.11 Å². The quantitative estimate of drug-likeness (QED) is 0.771. The van der Waals surface area contributed by atoms with Crippen molar-refractivity contribution in [3.05, 3.63) is 35.4 Å². The Morgan fingerprint density at radius 1 is 1.29 bits per heavy atom. The van der Waals surface area contributed by atoms with Gasteiger partial charge in [-0.1, -0.05) is 25.1 Å². The van der Waals surface area contributed by atoms with Crippen LogP contribution in [0.5, 0.6) is 5.75 Å². The molecule has 0 heterocycles. The molecule has 0 aromatic heterocycles. The van der Waals surface area contributed by atoms with Gasteiger partial charge >= 0.3 is 0 Å². The topological polar surface area (TPSA) is 26.3 Å². The van der Waals surface area contributed by atoms with E-state index in [2.05, 4.69) is 37.3 Å². The number of hydrogen-bond donors (Lipinski definition) is 0. The number of carbonyl (C=O) groups excluding carboxylic acids is 1. The standard InChI is InChI=1S/C19H22O2/c1-19-10-9-15-14-6-4-13(21-2)11-12(14)3-5-16(15)17(19)7-8-18(19)20/h3-6,11,15-17H,7-10H2,1-2H3/t15-,16-,17+,19+/m1/s1. The fourth-order valence-electron chi connectivity index (χ4n) is 4.98. The number of methoxy groups -OCH3 is 1. The molecule has 0 spiro atoms. The molecule has 3 aliphatic carbocycles. The summed E-state index contributed by atoms with van der Waals surface area (Å²) in [4.78, 5) is 12.3. The van der Waals surface area contributed by atoms with E-state index in [-0.39, 0.29) is 5.41 Å². The van der Waals surface area contributed by atoms with Crippen LogP contribution in [0.1, 0.15) is 49.7 Å². The van der Waals surface area contributed by atoms with Crippen LogP contribution in [0, 0.1) is 17.3 Å². The minimum absolute atomic E-state index is 0.0600. The summed E-state index contributed by atoms with van der Waals surface area (Å²) in [5.41, 5.74) is 2.68. The second-order valence-electron chi connectivity index (χ2n) is 7.06. The first-order valence-electron chi connectivity index (χ1n) is 8.03. The molecule has 4 rings (SSSR count). The SMILES string of the molecule is COc1ccc2c(c1)C=C[C@@H]1[C@@H]2CC[C@]2(C)C(=O)CC[C@@H]12. The molecule has 3 aliphatic rings. The molecule has 110 valence electrons. The number of ether oxygens (including phenoxy) is 1. The van der Waals surface area contributed by atoms with Crippen molar-refractivity contribution >= 4 is 11.9 Å². The number of fused-ring (bicyclic) bond motifs is 5. The molecule has 2 fully saturated rings. The molecule has 0 saturated heterocycles. The van der Waals surface area contributed by atoms with Crippen LogP contribution in [0.15, 0.2) is 24.3 Å². The van der Waals surface area contributed by atoms with Gasteiger partial charge in [-0.05, 0) is 60.3 Å². The predicted molar refractivity (Wildman–Crippen MR) is 83.3 cm³/mol. The summed E-state index contributed by atoms with van der Waals surface area (Å²) in [6, 6.07) is 6.44. The Kier molecular flexibility index (Phi) is 2.79. The van der Waals surface area contributed by atoms with Gasteiger partial charge in [0.2, 0.25) is 0 Å². The molecular formula is C19H22O2. The molecule has 0 radical (unpaired) electrons. The summed E-state index contributed by atoms with van der Waals surface area (Å²) in [7, 11) is 1.72. The van der Waals surface area contributed by atoms with Crippen molar-refractivity contribution in [2.24, 2.45) is 17.3 Å². The van der Waals surface area contributed by atoms with Crippen LogP contribution < -0.4 is 4.74 Å². The number of benzene rings is 1. The van der Waals surface area contributed by atoms with Gasteiger partial charge < -0.3 is 4.74 Å². The molecule has 21 heavy (non-hydrogen) atoms. The van der Waals surface area contributed by atoms with E-state index >= 15 is 0 Å². The Bertz CT molecular complexity index is 630. The molecule has 0 bridgehead atoms. The van der Waals surface area contributed by atoms with Crippen molar-refractivity contribution in [1.82, 2.24) is 0 Å². The fraction of sp³-hybridized carbons (Fsp3) is 0.526. The van der Waals surface area contributed by atoms with Crippen LogP contribution in [-0.2, 0) is 4.79 Å². The molecule has 0 amide bonds. The highest BCUT2D eigenvalue weighted by Gasteiger charge is 2.53. The highest BCUT2D eigenvalue weighted by molar-refractivity contribution is 5.87. The van der Waals surface area contributed by atoms with E-state index in [0.717, 1.165) is 31.4 Å². The Hall–Kier alpha value is -1.57. The number of hydrogen-bond acceptors (Lipinski definition) is 2. The third-order valence-corrected chi connectivity index (χ3v) is 6.23. The summed E-state index contributed by atoms with van der Waals surface area (Å²) >= 11 is 0. The van der Waals surface area contributed by atoms with E-state index < -0.39 is 0 Å². The number of ketones is 1.